The van der Waals surface area contributed by atoms with Crippen LogP contribution in [0.4, 0.5) is 5.69 Å². The summed E-state index contributed by atoms with van der Waals surface area (Å²) >= 11 is 5.99. The van der Waals surface area contributed by atoms with E-state index in [1.165, 1.54) is 0 Å². The Morgan fingerprint density at radius 1 is 1.04 bits per heavy atom. The Balaban J connectivity index is 1.93. The van der Waals surface area contributed by atoms with Crippen molar-refractivity contribution in [3.63, 3.8) is 0 Å². The van der Waals surface area contributed by atoms with Crippen molar-refractivity contribution in [1.29, 1.82) is 0 Å². The van der Waals surface area contributed by atoms with Gasteiger partial charge in [-0.25, -0.2) is 4.79 Å². The highest BCUT2D eigenvalue weighted by Gasteiger charge is 2.11. The Labute approximate surface area is 145 Å². The third-order valence-corrected chi connectivity index (χ3v) is 3.49. The van der Waals surface area contributed by atoms with E-state index >= 15 is 0 Å². The van der Waals surface area contributed by atoms with E-state index in [4.69, 9.17) is 21.1 Å². The molecule has 0 atom stereocenters. The second-order valence-corrected chi connectivity index (χ2v) is 5.25. The minimum Gasteiger partial charge on any atom is -0.460 e. The molecule has 1 N–H and O–H groups in total. The number of nitrogens with one attached hydrogen (secondary N) is 1. The van der Waals surface area contributed by atoms with Gasteiger partial charge in [0, 0.05) is 12.3 Å². The summed E-state index contributed by atoms with van der Waals surface area (Å²) in [5.41, 5.74) is 1.35. The van der Waals surface area contributed by atoms with Crippen LogP contribution in [0.3, 0.4) is 0 Å². The van der Waals surface area contributed by atoms with Crippen molar-refractivity contribution >= 4 is 29.2 Å². The van der Waals surface area contributed by atoms with Gasteiger partial charge in [0.25, 0.3) is 5.91 Å². The summed E-state index contributed by atoms with van der Waals surface area (Å²) < 4.78 is 10.2. The van der Waals surface area contributed by atoms with Gasteiger partial charge >= 0.3 is 5.97 Å². The minimum absolute atomic E-state index is 0.206. The number of esters is 1. The largest absolute Gasteiger partial charge is 0.460 e. The number of carbonyl (C=O) groups is 2. The Bertz CT molecular complexity index is 700. The summed E-state index contributed by atoms with van der Waals surface area (Å²) in [5.74, 6) is -0.744. The van der Waals surface area contributed by atoms with Crippen LogP contribution >= 0.6 is 11.6 Å². The van der Waals surface area contributed by atoms with Gasteiger partial charge in [-0.2, -0.15) is 0 Å². The van der Waals surface area contributed by atoms with Crippen LogP contribution in [0, 0.1) is 0 Å². The molecule has 2 rings (SSSR count). The monoisotopic (exact) mass is 347 g/mol. The lowest BCUT2D eigenvalue weighted by Gasteiger charge is -2.08. The van der Waals surface area contributed by atoms with Crippen molar-refractivity contribution in [1.82, 2.24) is 0 Å². The van der Waals surface area contributed by atoms with Gasteiger partial charge in [0.1, 0.15) is 6.61 Å². The number of rotatable bonds is 7. The maximum absolute atomic E-state index is 12.2. The lowest BCUT2D eigenvalue weighted by atomic mass is 10.2. The zero-order valence-electron chi connectivity index (χ0n) is 13.3. The molecule has 0 radical (unpaired) electrons. The van der Waals surface area contributed by atoms with E-state index < -0.39 is 5.97 Å². The van der Waals surface area contributed by atoms with Crippen LogP contribution in [0.15, 0.2) is 48.5 Å². The summed E-state index contributed by atoms with van der Waals surface area (Å²) in [4.78, 5) is 24.0. The van der Waals surface area contributed by atoms with Crippen LogP contribution in [-0.4, -0.2) is 31.7 Å². The van der Waals surface area contributed by atoms with Crippen LogP contribution in [0.25, 0.3) is 0 Å². The molecule has 6 heteroatoms. The highest BCUT2D eigenvalue weighted by molar-refractivity contribution is 6.34. The van der Waals surface area contributed by atoms with Gasteiger partial charge in [-0.15, -0.1) is 0 Å². The number of halogens is 1. The average Bonchev–Trinajstić information content (AvgIpc) is 2.59. The predicted octanol–water partition coefficient (Wildman–Crippen LogP) is 3.79. The first-order chi connectivity index (χ1) is 11.6. The topological polar surface area (TPSA) is 64.6 Å². The fourth-order valence-electron chi connectivity index (χ4n) is 1.95. The molecule has 2 aromatic rings. The van der Waals surface area contributed by atoms with Crippen molar-refractivity contribution in [3.8, 4) is 0 Å². The molecule has 0 aliphatic heterocycles. The van der Waals surface area contributed by atoms with Crippen LogP contribution in [0.2, 0.25) is 5.02 Å². The molecule has 0 aliphatic rings. The number of amides is 1. The first-order valence-corrected chi connectivity index (χ1v) is 7.90. The molecular weight excluding hydrogens is 330 g/mol. The Kier molecular flexibility index (Phi) is 6.78. The molecule has 24 heavy (non-hydrogen) atoms. The van der Waals surface area contributed by atoms with Gasteiger partial charge in [-0.1, -0.05) is 23.7 Å². The Hall–Kier alpha value is -2.37. The second kappa shape index (κ2) is 9.05. The molecule has 0 heterocycles. The molecule has 2 aromatic carbocycles. The van der Waals surface area contributed by atoms with E-state index in [0.717, 1.165) is 0 Å². The van der Waals surface area contributed by atoms with Crippen molar-refractivity contribution in [3.05, 3.63) is 64.7 Å². The highest BCUT2D eigenvalue weighted by atomic mass is 35.5. The molecule has 0 spiro atoms. The standard InChI is InChI=1S/C18H18ClNO4/c1-2-23-11-12-24-18(22)13-7-9-14(10-8-13)20-17(21)15-5-3-4-6-16(15)19/h3-10H,2,11-12H2,1H3,(H,20,21). The fourth-order valence-corrected chi connectivity index (χ4v) is 2.18. The van der Waals surface area contributed by atoms with Gasteiger partial charge in [0.2, 0.25) is 0 Å². The van der Waals surface area contributed by atoms with Crippen LogP contribution in [0.1, 0.15) is 27.6 Å². The van der Waals surface area contributed by atoms with Crippen molar-refractivity contribution in [2.24, 2.45) is 0 Å². The van der Waals surface area contributed by atoms with Gasteiger partial charge in [-0.05, 0) is 43.3 Å². The maximum atomic E-state index is 12.2. The lowest BCUT2D eigenvalue weighted by molar-refractivity contribution is 0.0335. The summed E-state index contributed by atoms with van der Waals surface area (Å²) in [5, 5.41) is 3.11. The number of anilines is 1. The first-order valence-electron chi connectivity index (χ1n) is 7.52. The Morgan fingerprint density at radius 3 is 2.42 bits per heavy atom. The van der Waals surface area contributed by atoms with Crippen LogP contribution in [0.5, 0.6) is 0 Å². The third-order valence-electron chi connectivity index (χ3n) is 3.16. The summed E-state index contributed by atoms with van der Waals surface area (Å²) in [6.45, 7) is 3.03. The molecule has 0 unspecified atom stereocenters. The molecule has 0 aromatic heterocycles. The van der Waals surface area contributed by atoms with Crippen molar-refractivity contribution in [2.75, 3.05) is 25.1 Å². The van der Waals surface area contributed by atoms with Crippen LogP contribution in [-0.2, 0) is 9.47 Å². The number of carbonyl (C=O) groups excluding carboxylic acids is 2. The van der Waals surface area contributed by atoms with Gasteiger partial charge < -0.3 is 14.8 Å². The molecule has 0 saturated heterocycles. The number of ether oxygens (including phenoxy) is 2. The molecule has 0 bridgehead atoms. The van der Waals surface area contributed by atoms with Gasteiger partial charge in [0.15, 0.2) is 0 Å². The summed E-state index contributed by atoms with van der Waals surface area (Å²) in [6.07, 6.45) is 0. The van der Waals surface area contributed by atoms with E-state index in [2.05, 4.69) is 5.32 Å². The SMILES string of the molecule is CCOCCOC(=O)c1ccc(NC(=O)c2ccccc2Cl)cc1. The van der Waals surface area contributed by atoms with Crippen LogP contribution < -0.4 is 5.32 Å². The van der Waals surface area contributed by atoms with E-state index in [1.54, 1.807) is 48.5 Å². The summed E-state index contributed by atoms with van der Waals surface area (Å²) in [7, 11) is 0. The molecule has 5 nitrogen and oxygen atoms in total. The summed E-state index contributed by atoms with van der Waals surface area (Å²) in [6, 6.07) is 13.2. The second-order valence-electron chi connectivity index (χ2n) is 4.84. The molecule has 1 amide bonds. The highest BCUT2D eigenvalue weighted by Crippen LogP contribution is 2.17. The van der Waals surface area contributed by atoms with E-state index in [1.807, 2.05) is 6.92 Å². The smallest absolute Gasteiger partial charge is 0.338 e. The third kappa shape index (κ3) is 5.08. The normalized spacial score (nSPS) is 10.2. The average molecular weight is 348 g/mol. The maximum Gasteiger partial charge on any atom is 0.338 e. The number of hydrogen-bond donors (Lipinski definition) is 1. The fraction of sp³-hybridized carbons (Fsp3) is 0.222. The predicted molar refractivity (Wildman–Crippen MR) is 92.6 cm³/mol. The molecule has 0 saturated carbocycles. The Morgan fingerprint density at radius 2 is 1.75 bits per heavy atom. The lowest BCUT2D eigenvalue weighted by Crippen LogP contribution is -2.13. The first kappa shape index (κ1) is 18.0. The van der Waals surface area contributed by atoms with Crippen molar-refractivity contribution in [2.45, 2.75) is 6.92 Å². The molecule has 0 aliphatic carbocycles. The molecular formula is C18H18ClNO4. The van der Waals surface area contributed by atoms with Gasteiger partial charge in [0.05, 0.1) is 22.8 Å². The number of benzene rings is 2. The van der Waals surface area contributed by atoms with E-state index in [0.29, 0.717) is 35.1 Å². The van der Waals surface area contributed by atoms with Crippen molar-refractivity contribution < 1.29 is 19.1 Å². The zero-order valence-corrected chi connectivity index (χ0v) is 14.0. The van der Waals surface area contributed by atoms with Gasteiger partial charge in [-0.3, -0.25) is 4.79 Å². The minimum atomic E-state index is -0.432. The quantitative estimate of drug-likeness (QED) is 0.611. The zero-order chi connectivity index (χ0) is 17.4. The number of hydrogen-bond acceptors (Lipinski definition) is 4. The molecule has 126 valence electrons. The van der Waals surface area contributed by atoms with E-state index in [9.17, 15) is 9.59 Å². The van der Waals surface area contributed by atoms with E-state index in [-0.39, 0.29) is 12.5 Å². The molecule has 0 fully saturated rings.